The largest absolute Gasteiger partial charge is 0.461 e. The molecular weight excluding hydrogens is 571 g/mol. The molecule has 232 valence electrons. The molecule has 1 aliphatic heterocycles. The van der Waals surface area contributed by atoms with E-state index in [1.807, 2.05) is 26.0 Å². The van der Waals surface area contributed by atoms with Crippen LogP contribution in [0.3, 0.4) is 0 Å². The molecule has 43 heavy (non-hydrogen) atoms. The maximum Gasteiger partial charge on any atom is 0.338 e. The van der Waals surface area contributed by atoms with Crippen molar-refractivity contribution < 1.29 is 23.3 Å². The van der Waals surface area contributed by atoms with E-state index in [4.69, 9.17) is 23.8 Å². The molecule has 0 amide bonds. The molecular formula is C31H41N4O7P. The Kier molecular flexibility index (Phi) is 13.1. The second kappa shape index (κ2) is 16.5. The lowest BCUT2D eigenvalue weighted by Crippen LogP contribution is -2.35. The summed E-state index contributed by atoms with van der Waals surface area (Å²) in [5.74, 6) is 5.17. The third kappa shape index (κ3) is 9.59. The van der Waals surface area contributed by atoms with Gasteiger partial charge in [-0.05, 0) is 53.2 Å². The molecule has 0 saturated carbocycles. The van der Waals surface area contributed by atoms with Crippen LogP contribution in [0.15, 0.2) is 40.1 Å². The van der Waals surface area contributed by atoms with Gasteiger partial charge in [0.15, 0.2) is 0 Å². The maximum atomic E-state index is 12.8. The van der Waals surface area contributed by atoms with Crippen molar-refractivity contribution in [3.05, 3.63) is 68.0 Å². The smallest absolute Gasteiger partial charge is 0.338 e. The molecule has 11 nitrogen and oxygen atoms in total. The van der Waals surface area contributed by atoms with E-state index < -0.39 is 32.0 Å². The van der Waals surface area contributed by atoms with Crippen molar-refractivity contribution in [1.82, 2.24) is 14.2 Å². The van der Waals surface area contributed by atoms with E-state index in [-0.39, 0.29) is 55.9 Å². The molecule has 4 atom stereocenters. The van der Waals surface area contributed by atoms with Crippen LogP contribution in [0.25, 0.3) is 0 Å². The summed E-state index contributed by atoms with van der Waals surface area (Å²) >= 11 is 0. The predicted octanol–water partition coefficient (Wildman–Crippen LogP) is 4.80. The normalized spacial score (nSPS) is 18.8. The summed E-state index contributed by atoms with van der Waals surface area (Å²) in [6, 6.07) is 9.44. The molecule has 3 rings (SSSR count). The predicted molar refractivity (Wildman–Crippen MR) is 163 cm³/mol. The second-order valence-electron chi connectivity index (χ2n) is 10.7. The number of nitrogens with zero attached hydrogens (tertiary/aromatic N) is 3. The highest BCUT2D eigenvalue weighted by atomic mass is 31.2. The van der Waals surface area contributed by atoms with Crippen molar-refractivity contribution in [2.24, 2.45) is 0 Å². The van der Waals surface area contributed by atoms with Gasteiger partial charge in [0.2, 0.25) is 0 Å². The molecule has 1 N–H and O–H groups in total. The van der Waals surface area contributed by atoms with Gasteiger partial charge in [-0.25, -0.2) is 14.3 Å². The fourth-order valence-corrected chi connectivity index (χ4v) is 6.43. The van der Waals surface area contributed by atoms with Crippen LogP contribution in [0.4, 0.5) is 0 Å². The number of aromatic nitrogens is 2. The van der Waals surface area contributed by atoms with Crippen LogP contribution >= 0.6 is 8.53 Å². The van der Waals surface area contributed by atoms with Gasteiger partial charge in [0.05, 0.1) is 36.9 Å². The zero-order valence-corrected chi connectivity index (χ0v) is 26.6. The van der Waals surface area contributed by atoms with Crippen LogP contribution in [-0.2, 0) is 18.5 Å². The number of ether oxygens (including phenoxy) is 2. The third-order valence-electron chi connectivity index (χ3n) is 6.72. The Labute approximate surface area is 254 Å². The minimum absolute atomic E-state index is 0.0589. The number of nitriles is 1. The first-order valence-corrected chi connectivity index (χ1v) is 15.7. The monoisotopic (exact) mass is 612 g/mol. The summed E-state index contributed by atoms with van der Waals surface area (Å²) in [5, 5.41) is 9.00. The van der Waals surface area contributed by atoms with E-state index in [0.717, 1.165) is 5.56 Å². The van der Waals surface area contributed by atoms with Crippen molar-refractivity contribution in [3.8, 4) is 17.9 Å². The number of benzene rings is 1. The molecule has 0 spiro atoms. The van der Waals surface area contributed by atoms with E-state index >= 15 is 0 Å². The first kappa shape index (κ1) is 34.2. The van der Waals surface area contributed by atoms with Gasteiger partial charge in [0.25, 0.3) is 14.1 Å². The van der Waals surface area contributed by atoms with Crippen LogP contribution in [0.1, 0.15) is 88.0 Å². The van der Waals surface area contributed by atoms with E-state index in [1.54, 1.807) is 12.1 Å². The van der Waals surface area contributed by atoms with Crippen LogP contribution in [0.2, 0.25) is 0 Å². The summed E-state index contributed by atoms with van der Waals surface area (Å²) in [6.07, 6.45) is 1.48. The number of carbonyl (C=O) groups excluding carboxylic acids is 1. The molecule has 0 radical (unpaired) electrons. The van der Waals surface area contributed by atoms with Crippen LogP contribution < -0.4 is 11.2 Å². The summed E-state index contributed by atoms with van der Waals surface area (Å²) in [5.41, 5.74) is 0.371. The second-order valence-corrected chi connectivity index (χ2v) is 12.1. The van der Waals surface area contributed by atoms with E-state index in [9.17, 15) is 14.4 Å². The van der Waals surface area contributed by atoms with E-state index in [2.05, 4.69) is 55.3 Å². The minimum atomic E-state index is -1.50. The van der Waals surface area contributed by atoms with Crippen molar-refractivity contribution in [1.29, 1.82) is 5.26 Å². The van der Waals surface area contributed by atoms with Crippen molar-refractivity contribution in [2.75, 3.05) is 13.2 Å². The van der Waals surface area contributed by atoms with Gasteiger partial charge in [-0.2, -0.15) is 5.26 Å². The highest BCUT2D eigenvalue weighted by molar-refractivity contribution is 7.44. The molecule has 12 heteroatoms. The summed E-state index contributed by atoms with van der Waals surface area (Å²) in [6.45, 7) is 12.5. The Morgan fingerprint density at radius 1 is 1.16 bits per heavy atom. The standard InChI is InChI=1S/C31H41N4O7P/c1-7-26-27(42-43(40-18-10-16-32)35(21(2)3)22(4)5)19-28(41-26)34-20-25(29(36)33-31(34)38)11-8-9-17-39-30(37)24-14-12-23(6)13-15-24/h12-15,20-22,26-28H,7,9-10,17-19H2,1-6H3,(H,33,36,38). The number of carbonyl (C=O) groups is 1. The molecule has 1 fully saturated rings. The number of hydrogen-bond acceptors (Lipinski definition) is 9. The molecule has 0 aliphatic carbocycles. The summed E-state index contributed by atoms with van der Waals surface area (Å²) < 4.78 is 27.5. The molecule has 2 heterocycles. The average molecular weight is 613 g/mol. The zero-order chi connectivity index (χ0) is 31.5. The van der Waals surface area contributed by atoms with E-state index in [1.165, 1.54) is 10.8 Å². The van der Waals surface area contributed by atoms with Gasteiger partial charge in [0.1, 0.15) is 18.4 Å². The van der Waals surface area contributed by atoms with Gasteiger partial charge in [-0.3, -0.25) is 14.3 Å². The van der Waals surface area contributed by atoms with Crippen LogP contribution in [-0.4, -0.2) is 57.7 Å². The number of nitrogens with one attached hydrogen (secondary N) is 1. The third-order valence-corrected chi connectivity index (χ3v) is 8.87. The fourth-order valence-electron chi connectivity index (χ4n) is 4.67. The Morgan fingerprint density at radius 3 is 2.49 bits per heavy atom. The first-order chi connectivity index (χ1) is 20.5. The molecule has 4 unspecified atom stereocenters. The van der Waals surface area contributed by atoms with Gasteiger partial charge < -0.3 is 18.5 Å². The van der Waals surface area contributed by atoms with Crippen LogP contribution in [0.5, 0.6) is 0 Å². The summed E-state index contributed by atoms with van der Waals surface area (Å²) in [7, 11) is -1.50. The fraction of sp³-hybridized carbons (Fsp3) is 0.548. The Morgan fingerprint density at radius 2 is 1.86 bits per heavy atom. The van der Waals surface area contributed by atoms with E-state index in [0.29, 0.717) is 18.4 Å². The van der Waals surface area contributed by atoms with Gasteiger partial charge >= 0.3 is 11.7 Å². The maximum absolute atomic E-state index is 12.8. The molecule has 1 aliphatic rings. The Hall–Kier alpha value is -3.31. The topological polar surface area (TPSA) is 136 Å². The van der Waals surface area contributed by atoms with Gasteiger partial charge in [0, 0.05) is 31.1 Å². The lowest BCUT2D eigenvalue weighted by Gasteiger charge is -2.37. The summed E-state index contributed by atoms with van der Waals surface area (Å²) in [4.78, 5) is 39.8. The molecule has 1 aromatic carbocycles. The SMILES string of the molecule is CCC1OC(n2cc(C#CCCOC(=O)c3ccc(C)cc3)c(=O)[nH]c2=O)CC1OP(OCCC#N)N(C(C)C)C(C)C. The lowest BCUT2D eigenvalue weighted by molar-refractivity contribution is -0.0201. The Bertz CT molecular complexity index is 1430. The number of aromatic amines is 1. The van der Waals surface area contributed by atoms with Crippen molar-refractivity contribution in [2.45, 2.75) is 97.7 Å². The molecule has 2 aromatic rings. The number of hydrogen-bond donors (Lipinski definition) is 1. The Balaban J connectivity index is 1.71. The van der Waals surface area contributed by atoms with Gasteiger partial charge in [-0.1, -0.05) is 36.5 Å². The average Bonchev–Trinajstić information content (AvgIpc) is 3.36. The van der Waals surface area contributed by atoms with Gasteiger partial charge in [-0.15, -0.1) is 0 Å². The van der Waals surface area contributed by atoms with Crippen molar-refractivity contribution >= 4 is 14.5 Å². The number of H-pyrrole nitrogens is 1. The molecule has 1 aromatic heterocycles. The van der Waals surface area contributed by atoms with Crippen LogP contribution in [0, 0.1) is 30.1 Å². The highest BCUT2D eigenvalue weighted by Crippen LogP contribution is 2.50. The first-order valence-electron chi connectivity index (χ1n) is 14.5. The molecule has 0 bridgehead atoms. The quantitative estimate of drug-likeness (QED) is 0.146. The zero-order valence-electron chi connectivity index (χ0n) is 25.7. The van der Waals surface area contributed by atoms with Crippen molar-refractivity contribution in [3.63, 3.8) is 0 Å². The molecule has 1 saturated heterocycles. The number of aryl methyl sites for hydroxylation is 1. The number of esters is 1. The highest BCUT2D eigenvalue weighted by Gasteiger charge is 2.40. The lowest BCUT2D eigenvalue weighted by atomic mass is 10.1. The number of rotatable bonds is 13. The minimum Gasteiger partial charge on any atom is -0.461 e.